The molecule has 28 heavy (non-hydrogen) atoms. The number of aromatic amines is 1. The van der Waals surface area contributed by atoms with Crippen molar-refractivity contribution in [2.75, 3.05) is 12.4 Å². The molecule has 9 heteroatoms. The summed E-state index contributed by atoms with van der Waals surface area (Å²) in [5.41, 5.74) is 3.52. The van der Waals surface area contributed by atoms with Crippen LogP contribution < -0.4 is 10.1 Å². The van der Waals surface area contributed by atoms with Crippen molar-refractivity contribution in [3.8, 4) is 11.4 Å². The topological polar surface area (TPSA) is 115 Å². The Morgan fingerprint density at radius 1 is 1.29 bits per heavy atom. The number of H-pyrrole nitrogens is 1. The number of tetrazole rings is 1. The number of rotatable bonds is 6. The lowest BCUT2D eigenvalue weighted by Crippen LogP contribution is -2.15. The SMILES string of the molecule is CCc1c(C(=O)Nc2ccc(OC)c(-n3nnnc3C)c2)[nH]c(C)c1C(C)=O. The van der Waals surface area contributed by atoms with Gasteiger partial charge in [-0.1, -0.05) is 6.92 Å². The average molecular weight is 382 g/mol. The summed E-state index contributed by atoms with van der Waals surface area (Å²) in [5.74, 6) is 0.765. The molecule has 0 unspecified atom stereocenters. The molecule has 0 aliphatic rings. The van der Waals surface area contributed by atoms with E-state index in [1.165, 1.54) is 11.6 Å². The molecule has 1 amide bonds. The van der Waals surface area contributed by atoms with Crippen LogP contribution in [0.25, 0.3) is 5.69 Å². The lowest BCUT2D eigenvalue weighted by Gasteiger charge is -2.12. The van der Waals surface area contributed by atoms with Gasteiger partial charge in [-0.25, -0.2) is 0 Å². The maximum atomic E-state index is 12.9. The lowest BCUT2D eigenvalue weighted by molar-refractivity contribution is 0.101. The van der Waals surface area contributed by atoms with E-state index in [4.69, 9.17) is 4.74 Å². The van der Waals surface area contributed by atoms with E-state index in [9.17, 15) is 9.59 Å². The predicted octanol–water partition coefficient (Wildman–Crippen LogP) is 2.63. The van der Waals surface area contributed by atoms with Crippen LogP contribution in [0, 0.1) is 13.8 Å². The molecule has 3 aromatic rings. The second-order valence-electron chi connectivity index (χ2n) is 6.37. The number of amides is 1. The van der Waals surface area contributed by atoms with Crippen LogP contribution in [0.15, 0.2) is 18.2 Å². The monoisotopic (exact) mass is 382 g/mol. The van der Waals surface area contributed by atoms with Gasteiger partial charge in [0.15, 0.2) is 11.6 Å². The zero-order valence-corrected chi connectivity index (χ0v) is 16.5. The number of carbonyl (C=O) groups excluding carboxylic acids is 2. The number of hydrogen-bond donors (Lipinski definition) is 2. The van der Waals surface area contributed by atoms with Gasteiger partial charge in [-0.15, -0.1) is 5.10 Å². The van der Waals surface area contributed by atoms with Crippen LogP contribution in [-0.4, -0.2) is 44.0 Å². The van der Waals surface area contributed by atoms with Gasteiger partial charge in [0.1, 0.15) is 17.1 Å². The Morgan fingerprint density at radius 3 is 2.61 bits per heavy atom. The highest BCUT2D eigenvalue weighted by molar-refractivity contribution is 6.07. The zero-order valence-electron chi connectivity index (χ0n) is 16.5. The Hall–Kier alpha value is -3.49. The number of ether oxygens (including phenoxy) is 1. The van der Waals surface area contributed by atoms with Crippen molar-refractivity contribution >= 4 is 17.4 Å². The zero-order chi connectivity index (χ0) is 20.4. The minimum absolute atomic E-state index is 0.0643. The van der Waals surface area contributed by atoms with Crippen LogP contribution in [0.4, 0.5) is 5.69 Å². The van der Waals surface area contributed by atoms with Gasteiger partial charge in [0.05, 0.1) is 7.11 Å². The number of Topliss-reactive ketones (excluding diaryl/α,β-unsaturated/α-hetero) is 1. The van der Waals surface area contributed by atoms with Crippen molar-refractivity contribution in [1.29, 1.82) is 0 Å². The number of carbonyl (C=O) groups is 2. The van der Waals surface area contributed by atoms with Crippen LogP contribution >= 0.6 is 0 Å². The summed E-state index contributed by atoms with van der Waals surface area (Å²) in [6, 6.07) is 5.19. The Morgan fingerprint density at radius 2 is 2.04 bits per heavy atom. The van der Waals surface area contributed by atoms with Gasteiger partial charge in [0.25, 0.3) is 5.91 Å². The smallest absolute Gasteiger partial charge is 0.272 e. The molecule has 2 N–H and O–H groups in total. The van der Waals surface area contributed by atoms with Crippen molar-refractivity contribution in [2.24, 2.45) is 0 Å². The average Bonchev–Trinajstić information content (AvgIpc) is 3.24. The molecule has 146 valence electrons. The summed E-state index contributed by atoms with van der Waals surface area (Å²) >= 11 is 0. The number of aryl methyl sites for hydroxylation is 2. The second kappa shape index (κ2) is 7.63. The highest BCUT2D eigenvalue weighted by Crippen LogP contribution is 2.27. The van der Waals surface area contributed by atoms with Gasteiger partial charge in [0.2, 0.25) is 0 Å². The Labute approximate surface area is 162 Å². The maximum absolute atomic E-state index is 12.9. The molecule has 1 aromatic carbocycles. The van der Waals surface area contributed by atoms with E-state index >= 15 is 0 Å². The quantitative estimate of drug-likeness (QED) is 0.633. The van der Waals surface area contributed by atoms with Gasteiger partial charge in [-0.2, -0.15) is 4.68 Å². The van der Waals surface area contributed by atoms with Crippen LogP contribution in [0.2, 0.25) is 0 Å². The molecule has 0 fully saturated rings. The van der Waals surface area contributed by atoms with Crippen LogP contribution in [0.1, 0.15) is 51.8 Å². The summed E-state index contributed by atoms with van der Waals surface area (Å²) < 4.78 is 6.90. The van der Waals surface area contributed by atoms with E-state index in [0.717, 1.165) is 0 Å². The van der Waals surface area contributed by atoms with Crippen molar-refractivity contribution in [3.05, 3.63) is 46.5 Å². The van der Waals surface area contributed by atoms with E-state index in [-0.39, 0.29) is 11.7 Å². The number of nitrogens with zero attached hydrogens (tertiary/aromatic N) is 4. The number of hydrogen-bond acceptors (Lipinski definition) is 6. The summed E-state index contributed by atoms with van der Waals surface area (Å²) in [6.45, 7) is 6.97. The van der Waals surface area contributed by atoms with Crippen molar-refractivity contribution in [2.45, 2.75) is 34.1 Å². The Kier molecular flexibility index (Phi) is 5.25. The second-order valence-corrected chi connectivity index (χ2v) is 6.37. The van der Waals surface area contributed by atoms with Crippen molar-refractivity contribution in [1.82, 2.24) is 25.2 Å². The van der Waals surface area contributed by atoms with E-state index in [0.29, 0.717) is 51.9 Å². The standard InChI is InChI=1S/C19H22N6O3/c1-6-14-17(11(3)26)10(2)20-18(14)19(27)21-13-7-8-16(28-5)15(9-13)25-12(4)22-23-24-25/h7-9,20H,6H2,1-5H3,(H,21,27). The van der Waals surface area contributed by atoms with Crippen molar-refractivity contribution < 1.29 is 14.3 Å². The highest BCUT2D eigenvalue weighted by Gasteiger charge is 2.22. The maximum Gasteiger partial charge on any atom is 0.272 e. The third-order valence-corrected chi connectivity index (χ3v) is 4.51. The number of aromatic nitrogens is 5. The third kappa shape index (κ3) is 3.38. The molecule has 0 aliphatic carbocycles. The van der Waals surface area contributed by atoms with E-state index in [1.807, 2.05) is 6.92 Å². The van der Waals surface area contributed by atoms with Gasteiger partial charge in [0, 0.05) is 16.9 Å². The largest absolute Gasteiger partial charge is 0.494 e. The molecule has 9 nitrogen and oxygen atoms in total. The molecule has 0 saturated heterocycles. The minimum atomic E-state index is -0.322. The normalized spacial score (nSPS) is 10.8. The Bertz CT molecular complexity index is 1050. The van der Waals surface area contributed by atoms with Gasteiger partial charge < -0.3 is 15.0 Å². The molecule has 2 heterocycles. The van der Waals surface area contributed by atoms with E-state index in [1.54, 1.807) is 39.2 Å². The first-order chi connectivity index (χ1) is 13.4. The fourth-order valence-electron chi connectivity index (χ4n) is 3.28. The van der Waals surface area contributed by atoms with Crippen LogP contribution in [-0.2, 0) is 6.42 Å². The first kappa shape index (κ1) is 19.3. The minimum Gasteiger partial charge on any atom is -0.494 e. The van der Waals surface area contributed by atoms with Crippen molar-refractivity contribution in [3.63, 3.8) is 0 Å². The summed E-state index contributed by atoms with van der Waals surface area (Å²) in [5, 5.41) is 14.3. The molecular weight excluding hydrogens is 360 g/mol. The molecule has 0 spiro atoms. The fraction of sp³-hybridized carbons (Fsp3) is 0.316. The molecule has 0 radical (unpaired) electrons. The number of benzene rings is 1. The van der Waals surface area contributed by atoms with Gasteiger partial charge in [-0.3, -0.25) is 9.59 Å². The highest BCUT2D eigenvalue weighted by atomic mass is 16.5. The molecular formula is C19H22N6O3. The van der Waals surface area contributed by atoms with Gasteiger partial charge in [-0.05, 0) is 61.4 Å². The molecule has 0 bridgehead atoms. The molecule has 0 aliphatic heterocycles. The first-order valence-corrected chi connectivity index (χ1v) is 8.84. The van der Waals surface area contributed by atoms with E-state index in [2.05, 4.69) is 25.8 Å². The summed E-state index contributed by atoms with van der Waals surface area (Å²) in [4.78, 5) is 27.8. The fourth-order valence-corrected chi connectivity index (χ4v) is 3.28. The summed E-state index contributed by atoms with van der Waals surface area (Å²) in [7, 11) is 1.55. The molecule has 0 atom stereocenters. The van der Waals surface area contributed by atoms with Crippen LogP contribution in [0.3, 0.4) is 0 Å². The number of methoxy groups -OCH3 is 1. The number of anilines is 1. The molecule has 0 saturated carbocycles. The third-order valence-electron chi connectivity index (χ3n) is 4.51. The van der Waals surface area contributed by atoms with Gasteiger partial charge >= 0.3 is 0 Å². The summed E-state index contributed by atoms with van der Waals surface area (Å²) in [6.07, 6.45) is 0.569. The first-order valence-electron chi connectivity index (χ1n) is 8.84. The molecule has 2 aromatic heterocycles. The lowest BCUT2D eigenvalue weighted by atomic mass is 10.0. The van der Waals surface area contributed by atoms with Crippen LogP contribution in [0.5, 0.6) is 5.75 Å². The predicted molar refractivity (Wildman–Crippen MR) is 103 cm³/mol. The molecule has 3 rings (SSSR count). The van der Waals surface area contributed by atoms with E-state index < -0.39 is 0 Å². The number of ketones is 1. The number of nitrogens with one attached hydrogen (secondary N) is 2. The Balaban J connectivity index is 1.97.